The molecule has 0 aromatic heterocycles. The van der Waals surface area contributed by atoms with Crippen LogP contribution in [0.2, 0.25) is 0 Å². The molecule has 124 valence electrons. The highest BCUT2D eigenvalue weighted by Crippen LogP contribution is 2.46. The molecule has 0 fully saturated rings. The SMILES string of the molecule is Nc1ccc(-c2ccc(N)c(N)c2C(F)(F)F)c(C(F)(F)F)c1. The summed E-state index contributed by atoms with van der Waals surface area (Å²) in [5.74, 6) is 0. The number of rotatable bonds is 1. The Balaban J connectivity index is 2.87. The lowest BCUT2D eigenvalue weighted by atomic mass is 9.92. The van der Waals surface area contributed by atoms with Crippen molar-refractivity contribution in [3.05, 3.63) is 41.5 Å². The summed E-state index contributed by atoms with van der Waals surface area (Å²) in [5.41, 5.74) is 10.5. The average molecular weight is 335 g/mol. The fourth-order valence-corrected chi connectivity index (χ4v) is 2.20. The number of hydrogen-bond acceptors (Lipinski definition) is 3. The minimum Gasteiger partial charge on any atom is -0.399 e. The summed E-state index contributed by atoms with van der Waals surface area (Å²) in [4.78, 5) is 0. The van der Waals surface area contributed by atoms with Gasteiger partial charge in [0.2, 0.25) is 0 Å². The molecule has 0 aliphatic rings. The smallest absolute Gasteiger partial charge is 0.399 e. The van der Waals surface area contributed by atoms with Crippen LogP contribution in [-0.4, -0.2) is 0 Å². The topological polar surface area (TPSA) is 78.1 Å². The maximum atomic E-state index is 13.2. The Bertz CT molecular complexity index is 749. The second kappa shape index (κ2) is 5.25. The molecule has 3 nitrogen and oxygen atoms in total. The molecule has 0 spiro atoms. The Morgan fingerprint density at radius 1 is 0.696 bits per heavy atom. The van der Waals surface area contributed by atoms with E-state index in [1.165, 1.54) is 0 Å². The Morgan fingerprint density at radius 2 is 1.26 bits per heavy atom. The molecule has 0 aliphatic carbocycles. The standard InChI is InChI=1S/C14H11F6N3/c15-13(16,17)9-5-6(21)1-2-7(9)8-3-4-10(22)12(23)11(8)14(18,19)20/h1-5H,21-23H2. The Labute approximate surface area is 126 Å². The van der Waals surface area contributed by atoms with Gasteiger partial charge in [0.1, 0.15) is 0 Å². The highest BCUT2D eigenvalue weighted by molar-refractivity contribution is 5.83. The predicted molar refractivity (Wildman–Crippen MR) is 75.1 cm³/mol. The van der Waals surface area contributed by atoms with Gasteiger partial charge in [-0.3, -0.25) is 0 Å². The number of nitrogens with two attached hydrogens (primary N) is 3. The van der Waals surface area contributed by atoms with Crippen LogP contribution in [0.5, 0.6) is 0 Å². The Kier molecular flexibility index (Phi) is 3.83. The molecule has 0 aliphatic heterocycles. The Morgan fingerprint density at radius 3 is 1.78 bits per heavy atom. The van der Waals surface area contributed by atoms with Crippen molar-refractivity contribution in [3.63, 3.8) is 0 Å². The van der Waals surface area contributed by atoms with Crippen LogP contribution in [-0.2, 0) is 12.4 Å². The number of alkyl halides is 6. The maximum absolute atomic E-state index is 13.2. The van der Waals surface area contributed by atoms with Crippen molar-refractivity contribution in [1.29, 1.82) is 0 Å². The Hall–Kier alpha value is -2.58. The number of benzene rings is 2. The van der Waals surface area contributed by atoms with Crippen molar-refractivity contribution in [2.75, 3.05) is 17.2 Å². The van der Waals surface area contributed by atoms with Crippen molar-refractivity contribution in [1.82, 2.24) is 0 Å². The zero-order chi connectivity index (χ0) is 17.6. The molecule has 0 atom stereocenters. The van der Waals surface area contributed by atoms with E-state index < -0.39 is 40.3 Å². The highest BCUT2D eigenvalue weighted by atomic mass is 19.4. The van der Waals surface area contributed by atoms with Gasteiger partial charge in [-0.25, -0.2) is 0 Å². The number of hydrogen-bond donors (Lipinski definition) is 3. The summed E-state index contributed by atoms with van der Waals surface area (Å²) < 4.78 is 79.1. The van der Waals surface area contributed by atoms with Gasteiger partial charge < -0.3 is 17.2 Å². The second-order valence-corrected chi connectivity index (χ2v) is 4.79. The van der Waals surface area contributed by atoms with Crippen LogP contribution in [0.4, 0.5) is 43.4 Å². The second-order valence-electron chi connectivity index (χ2n) is 4.79. The molecule has 2 aromatic rings. The molecule has 23 heavy (non-hydrogen) atoms. The summed E-state index contributed by atoms with van der Waals surface area (Å²) in [6, 6.07) is 4.41. The third kappa shape index (κ3) is 3.13. The summed E-state index contributed by atoms with van der Waals surface area (Å²) >= 11 is 0. The first-order chi connectivity index (χ1) is 10.4. The molecular formula is C14H11F6N3. The van der Waals surface area contributed by atoms with Gasteiger partial charge in [-0.1, -0.05) is 12.1 Å². The molecule has 0 unspecified atom stereocenters. The molecule has 2 aromatic carbocycles. The number of halogens is 6. The van der Waals surface area contributed by atoms with E-state index >= 15 is 0 Å². The molecule has 0 amide bonds. The van der Waals surface area contributed by atoms with E-state index in [4.69, 9.17) is 17.2 Å². The summed E-state index contributed by atoms with van der Waals surface area (Å²) in [5, 5.41) is 0. The van der Waals surface area contributed by atoms with E-state index in [0.717, 1.165) is 24.3 Å². The molecule has 0 bridgehead atoms. The lowest BCUT2D eigenvalue weighted by Gasteiger charge is -2.20. The van der Waals surface area contributed by atoms with Crippen LogP contribution in [0.3, 0.4) is 0 Å². The van der Waals surface area contributed by atoms with Crippen LogP contribution < -0.4 is 17.2 Å². The first kappa shape index (κ1) is 16.8. The van der Waals surface area contributed by atoms with Crippen LogP contribution >= 0.6 is 0 Å². The van der Waals surface area contributed by atoms with Gasteiger partial charge in [-0.05, 0) is 29.3 Å². The third-order valence-electron chi connectivity index (χ3n) is 3.20. The van der Waals surface area contributed by atoms with Gasteiger partial charge in [-0.2, -0.15) is 26.3 Å². The zero-order valence-electron chi connectivity index (χ0n) is 11.4. The van der Waals surface area contributed by atoms with E-state index in [9.17, 15) is 26.3 Å². The molecule has 0 radical (unpaired) electrons. The lowest BCUT2D eigenvalue weighted by Crippen LogP contribution is -2.15. The van der Waals surface area contributed by atoms with Crippen molar-refractivity contribution in [2.24, 2.45) is 0 Å². The van der Waals surface area contributed by atoms with Gasteiger partial charge in [0.25, 0.3) is 0 Å². The molecule has 9 heteroatoms. The van der Waals surface area contributed by atoms with Crippen LogP contribution in [0, 0.1) is 0 Å². The van der Waals surface area contributed by atoms with Crippen LogP contribution in [0.15, 0.2) is 30.3 Å². The van der Waals surface area contributed by atoms with Gasteiger partial charge in [0.05, 0.1) is 22.5 Å². The molecular weight excluding hydrogens is 324 g/mol. The summed E-state index contributed by atoms with van der Waals surface area (Å²) in [6.45, 7) is 0. The van der Waals surface area contributed by atoms with Crippen molar-refractivity contribution in [2.45, 2.75) is 12.4 Å². The third-order valence-corrected chi connectivity index (χ3v) is 3.20. The molecule has 0 heterocycles. The van der Waals surface area contributed by atoms with Gasteiger partial charge in [0.15, 0.2) is 0 Å². The number of nitrogen functional groups attached to an aromatic ring is 3. The molecule has 2 rings (SSSR count). The minimum atomic E-state index is -4.97. The first-order valence-electron chi connectivity index (χ1n) is 6.15. The van der Waals surface area contributed by atoms with E-state index in [2.05, 4.69) is 0 Å². The van der Waals surface area contributed by atoms with Crippen LogP contribution in [0.1, 0.15) is 11.1 Å². The van der Waals surface area contributed by atoms with Gasteiger partial charge >= 0.3 is 12.4 Å². The monoisotopic (exact) mass is 335 g/mol. The maximum Gasteiger partial charge on any atom is 0.419 e. The van der Waals surface area contributed by atoms with Crippen molar-refractivity contribution in [3.8, 4) is 11.1 Å². The van der Waals surface area contributed by atoms with Crippen molar-refractivity contribution >= 4 is 17.1 Å². The largest absolute Gasteiger partial charge is 0.419 e. The quantitative estimate of drug-likeness (QED) is 0.541. The predicted octanol–water partition coefficient (Wildman–Crippen LogP) is 4.14. The summed E-state index contributed by atoms with van der Waals surface area (Å²) in [6.07, 6.45) is -9.86. The average Bonchev–Trinajstić information content (AvgIpc) is 2.39. The zero-order valence-corrected chi connectivity index (χ0v) is 11.4. The highest BCUT2D eigenvalue weighted by Gasteiger charge is 2.40. The minimum absolute atomic E-state index is 0.224. The number of anilines is 3. The van der Waals surface area contributed by atoms with E-state index in [0.29, 0.717) is 6.07 Å². The molecule has 6 N–H and O–H groups in total. The van der Waals surface area contributed by atoms with Gasteiger partial charge in [0, 0.05) is 5.69 Å². The fraction of sp³-hybridized carbons (Fsp3) is 0.143. The molecule has 0 saturated carbocycles. The van der Waals surface area contributed by atoms with E-state index in [-0.39, 0.29) is 11.4 Å². The fourth-order valence-electron chi connectivity index (χ4n) is 2.20. The summed E-state index contributed by atoms with van der Waals surface area (Å²) in [7, 11) is 0. The van der Waals surface area contributed by atoms with Crippen LogP contribution in [0.25, 0.3) is 11.1 Å². The lowest BCUT2D eigenvalue weighted by molar-refractivity contribution is -0.139. The van der Waals surface area contributed by atoms with Gasteiger partial charge in [-0.15, -0.1) is 0 Å². The normalized spacial score (nSPS) is 12.4. The van der Waals surface area contributed by atoms with E-state index in [1.54, 1.807) is 0 Å². The molecule has 0 saturated heterocycles. The van der Waals surface area contributed by atoms with Crippen molar-refractivity contribution < 1.29 is 26.3 Å². The first-order valence-corrected chi connectivity index (χ1v) is 6.15. The van der Waals surface area contributed by atoms with E-state index in [1.807, 2.05) is 0 Å².